The van der Waals surface area contributed by atoms with E-state index in [1.54, 1.807) is 21.9 Å². The van der Waals surface area contributed by atoms with Crippen LogP contribution in [0.3, 0.4) is 0 Å². The SMILES string of the molecule is O=C(c1coc(CN(Cc2ccc3c(c2)OCO3)Cc2ccccc2C(F)(F)F)n1)N1CCCC1. The highest BCUT2D eigenvalue weighted by Crippen LogP contribution is 2.35. The fraction of sp³-hybridized carbons (Fsp3) is 0.360. The third kappa shape index (κ3) is 5.27. The fourth-order valence-electron chi connectivity index (χ4n) is 4.40. The molecular formula is C25H24F3N3O4. The number of hydrogen-bond acceptors (Lipinski definition) is 6. The molecule has 0 aliphatic carbocycles. The van der Waals surface area contributed by atoms with Gasteiger partial charge in [0, 0.05) is 26.2 Å². The van der Waals surface area contributed by atoms with Crippen LogP contribution in [-0.2, 0) is 25.8 Å². The maximum Gasteiger partial charge on any atom is 0.416 e. The van der Waals surface area contributed by atoms with Crippen molar-refractivity contribution in [2.75, 3.05) is 19.9 Å². The van der Waals surface area contributed by atoms with E-state index in [0.717, 1.165) is 24.5 Å². The Balaban J connectivity index is 1.39. The minimum absolute atomic E-state index is 0.00189. The molecule has 0 atom stereocenters. The lowest BCUT2D eigenvalue weighted by molar-refractivity contribution is -0.138. The average molecular weight is 487 g/mol. The molecule has 0 radical (unpaired) electrons. The number of carbonyl (C=O) groups is 1. The molecular weight excluding hydrogens is 463 g/mol. The number of hydrogen-bond donors (Lipinski definition) is 0. The van der Waals surface area contributed by atoms with Crippen molar-refractivity contribution in [3.8, 4) is 11.5 Å². The molecule has 2 aliphatic heterocycles. The van der Waals surface area contributed by atoms with Crippen LogP contribution in [0.2, 0.25) is 0 Å². The van der Waals surface area contributed by atoms with Gasteiger partial charge in [-0.25, -0.2) is 4.98 Å². The zero-order chi connectivity index (χ0) is 24.4. The summed E-state index contributed by atoms with van der Waals surface area (Å²) in [6.07, 6.45) is -1.24. The fourth-order valence-corrected chi connectivity index (χ4v) is 4.40. The van der Waals surface area contributed by atoms with Crippen LogP contribution in [0.4, 0.5) is 13.2 Å². The maximum absolute atomic E-state index is 13.6. The van der Waals surface area contributed by atoms with E-state index >= 15 is 0 Å². The van der Waals surface area contributed by atoms with Gasteiger partial charge in [0.05, 0.1) is 12.1 Å². The van der Waals surface area contributed by atoms with Gasteiger partial charge in [-0.15, -0.1) is 0 Å². The van der Waals surface area contributed by atoms with Crippen molar-refractivity contribution in [3.63, 3.8) is 0 Å². The van der Waals surface area contributed by atoms with Crippen LogP contribution in [0.15, 0.2) is 53.1 Å². The first-order chi connectivity index (χ1) is 16.9. The highest BCUT2D eigenvalue weighted by molar-refractivity contribution is 5.92. The van der Waals surface area contributed by atoms with Gasteiger partial charge in [0.15, 0.2) is 17.2 Å². The van der Waals surface area contributed by atoms with Crippen LogP contribution in [0.1, 0.15) is 45.9 Å². The van der Waals surface area contributed by atoms with Gasteiger partial charge in [-0.05, 0) is 42.2 Å². The highest BCUT2D eigenvalue weighted by Gasteiger charge is 2.33. The smallest absolute Gasteiger partial charge is 0.416 e. The molecule has 3 heterocycles. The minimum Gasteiger partial charge on any atom is -0.454 e. The van der Waals surface area contributed by atoms with Gasteiger partial charge in [-0.2, -0.15) is 13.2 Å². The summed E-state index contributed by atoms with van der Waals surface area (Å²) in [5, 5.41) is 0. The van der Waals surface area contributed by atoms with Crippen molar-refractivity contribution in [3.05, 3.63) is 77.0 Å². The summed E-state index contributed by atoms with van der Waals surface area (Å²) in [5.41, 5.74) is 0.493. The van der Waals surface area contributed by atoms with Gasteiger partial charge in [-0.1, -0.05) is 24.3 Å². The number of rotatable bonds is 7. The van der Waals surface area contributed by atoms with Gasteiger partial charge in [0.25, 0.3) is 5.91 Å². The molecule has 0 spiro atoms. The molecule has 1 fully saturated rings. The molecule has 2 aliphatic rings. The van der Waals surface area contributed by atoms with E-state index in [1.807, 2.05) is 12.1 Å². The molecule has 1 amide bonds. The lowest BCUT2D eigenvalue weighted by Gasteiger charge is -2.23. The van der Waals surface area contributed by atoms with Gasteiger partial charge in [-0.3, -0.25) is 9.69 Å². The van der Waals surface area contributed by atoms with Gasteiger partial charge in [0.1, 0.15) is 6.26 Å². The Hall–Kier alpha value is -3.53. The molecule has 35 heavy (non-hydrogen) atoms. The predicted octanol–water partition coefficient (Wildman–Crippen LogP) is 4.86. The summed E-state index contributed by atoms with van der Waals surface area (Å²) >= 11 is 0. The molecule has 0 saturated carbocycles. The number of halogens is 3. The summed E-state index contributed by atoms with van der Waals surface area (Å²) in [6, 6.07) is 10.9. The zero-order valence-corrected chi connectivity index (χ0v) is 18.9. The Labute approximate surface area is 200 Å². The number of ether oxygens (including phenoxy) is 2. The van der Waals surface area contributed by atoms with E-state index in [-0.39, 0.29) is 42.9 Å². The van der Waals surface area contributed by atoms with Crippen molar-refractivity contribution in [1.82, 2.24) is 14.8 Å². The molecule has 5 rings (SSSR count). The van der Waals surface area contributed by atoms with E-state index in [0.29, 0.717) is 31.1 Å². The summed E-state index contributed by atoms with van der Waals surface area (Å²) in [4.78, 5) is 20.5. The van der Waals surface area contributed by atoms with E-state index in [2.05, 4.69) is 4.98 Å². The van der Waals surface area contributed by atoms with Crippen LogP contribution in [0.5, 0.6) is 11.5 Å². The number of benzene rings is 2. The molecule has 3 aromatic rings. The van der Waals surface area contributed by atoms with Gasteiger partial charge >= 0.3 is 6.18 Å². The Morgan fingerprint density at radius 2 is 1.77 bits per heavy atom. The molecule has 2 aromatic carbocycles. The molecule has 1 saturated heterocycles. The number of fused-ring (bicyclic) bond motifs is 1. The van der Waals surface area contributed by atoms with E-state index in [1.165, 1.54) is 18.4 Å². The second kappa shape index (κ2) is 9.61. The minimum atomic E-state index is -4.47. The molecule has 7 nitrogen and oxygen atoms in total. The number of alkyl halides is 3. The highest BCUT2D eigenvalue weighted by atomic mass is 19.4. The Morgan fingerprint density at radius 1 is 1.00 bits per heavy atom. The number of aromatic nitrogens is 1. The van der Waals surface area contributed by atoms with Gasteiger partial charge in [0.2, 0.25) is 12.7 Å². The van der Waals surface area contributed by atoms with Crippen molar-refractivity contribution in [1.29, 1.82) is 0 Å². The van der Waals surface area contributed by atoms with E-state index in [9.17, 15) is 18.0 Å². The van der Waals surface area contributed by atoms with Crippen molar-refractivity contribution in [2.45, 2.75) is 38.7 Å². The normalized spacial score (nSPS) is 15.3. The topological polar surface area (TPSA) is 68.0 Å². The second-order valence-corrected chi connectivity index (χ2v) is 8.61. The number of oxazole rings is 1. The molecule has 0 N–H and O–H groups in total. The number of carbonyl (C=O) groups excluding carboxylic acids is 1. The van der Waals surface area contributed by atoms with E-state index < -0.39 is 11.7 Å². The Morgan fingerprint density at radius 3 is 2.57 bits per heavy atom. The van der Waals surface area contributed by atoms with Crippen molar-refractivity contribution >= 4 is 5.91 Å². The average Bonchev–Trinajstić information content (AvgIpc) is 3.60. The second-order valence-electron chi connectivity index (χ2n) is 8.61. The third-order valence-electron chi connectivity index (χ3n) is 6.08. The largest absolute Gasteiger partial charge is 0.454 e. The third-order valence-corrected chi connectivity index (χ3v) is 6.08. The number of likely N-dealkylation sites (tertiary alicyclic amines) is 1. The molecule has 0 bridgehead atoms. The zero-order valence-electron chi connectivity index (χ0n) is 18.9. The molecule has 0 unspecified atom stereocenters. The molecule has 184 valence electrons. The Kier molecular flexibility index (Phi) is 6.38. The first-order valence-corrected chi connectivity index (χ1v) is 11.4. The summed E-state index contributed by atoms with van der Waals surface area (Å²) in [5.74, 6) is 1.29. The van der Waals surface area contributed by atoms with Crippen molar-refractivity contribution in [2.24, 2.45) is 0 Å². The maximum atomic E-state index is 13.6. The first-order valence-electron chi connectivity index (χ1n) is 11.4. The summed E-state index contributed by atoms with van der Waals surface area (Å²) in [6.45, 7) is 1.93. The first kappa shape index (κ1) is 23.2. The van der Waals surface area contributed by atoms with Crippen LogP contribution in [-0.4, -0.2) is 40.6 Å². The lowest BCUT2D eigenvalue weighted by Crippen LogP contribution is -2.28. The summed E-state index contributed by atoms with van der Waals surface area (Å²) in [7, 11) is 0. The van der Waals surface area contributed by atoms with Gasteiger partial charge < -0.3 is 18.8 Å². The van der Waals surface area contributed by atoms with Crippen LogP contribution < -0.4 is 9.47 Å². The molecule has 10 heteroatoms. The molecule has 1 aromatic heterocycles. The summed E-state index contributed by atoms with van der Waals surface area (Å²) < 4.78 is 57.2. The van der Waals surface area contributed by atoms with Crippen LogP contribution >= 0.6 is 0 Å². The Bertz CT molecular complexity index is 1200. The quantitative estimate of drug-likeness (QED) is 0.474. The standard InChI is InChI=1S/C25H24F3N3O4/c26-25(27,28)19-6-2-1-5-18(19)13-30(12-17-7-8-21-22(11-17)35-16-34-21)14-23-29-20(15-33-23)24(32)31-9-3-4-10-31/h1-2,5-8,11,15H,3-4,9-10,12-14,16H2. The van der Waals surface area contributed by atoms with Crippen molar-refractivity contribution < 1.29 is 31.9 Å². The number of nitrogens with zero attached hydrogens (tertiary/aromatic N) is 3. The predicted molar refractivity (Wildman–Crippen MR) is 119 cm³/mol. The van der Waals surface area contributed by atoms with E-state index in [4.69, 9.17) is 13.9 Å². The van der Waals surface area contributed by atoms with Crippen LogP contribution in [0, 0.1) is 0 Å². The van der Waals surface area contributed by atoms with Crippen LogP contribution in [0.25, 0.3) is 0 Å². The monoisotopic (exact) mass is 487 g/mol. The number of amides is 1. The lowest BCUT2D eigenvalue weighted by atomic mass is 10.1.